The number of carbonyl (C=O) groups is 3. The van der Waals surface area contributed by atoms with E-state index in [0.717, 1.165) is 0 Å². The maximum Gasteiger partial charge on any atom is 0.472 e. The van der Waals surface area contributed by atoms with E-state index in [2.05, 4.69) is 0 Å². The van der Waals surface area contributed by atoms with Gasteiger partial charge < -0.3 is 9.64 Å². The second-order valence-corrected chi connectivity index (χ2v) is 10.1. The minimum Gasteiger partial charge on any atom is -0.495 e. The summed E-state index contributed by atoms with van der Waals surface area (Å²) in [4.78, 5) is 39.1. The molecule has 1 heterocycles. The second kappa shape index (κ2) is 10.8. The smallest absolute Gasteiger partial charge is 0.472 e. The third kappa shape index (κ3) is 6.65. The third-order valence-electron chi connectivity index (χ3n) is 5.33. The number of rotatable bonds is 5. The minimum atomic E-state index is -5.15. The lowest BCUT2D eigenvalue weighted by molar-refractivity contribution is -0.174. The largest absolute Gasteiger partial charge is 0.495 e. The predicted molar refractivity (Wildman–Crippen MR) is 123 cm³/mol. The molecule has 1 aliphatic rings. The van der Waals surface area contributed by atoms with Crippen LogP contribution >= 0.6 is 0 Å². The quantitative estimate of drug-likeness (QED) is 0.571. The van der Waals surface area contributed by atoms with Gasteiger partial charge in [0.25, 0.3) is 5.91 Å². The molecule has 1 saturated heterocycles. The van der Waals surface area contributed by atoms with E-state index in [1.54, 1.807) is 29.7 Å². The molecular formula is C22H23F3N4O6S. The lowest BCUT2D eigenvalue weighted by atomic mass is 10.1. The summed E-state index contributed by atoms with van der Waals surface area (Å²) in [7, 11) is -1.76. The van der Waals surface area contributed by atoms with Crippen molar-refractivity contribution in [1.82, 2.24) is 15.8 Å². The monoisotopic (exact) mass is 528 g/mol. The summed E-state index contributed by atoms with van der Waals surface area (Å²) in [5.74, 6) is -3.16. The van der Waals surface area contributed by atoms with Crippen LogP contribution in [0.15, 0.2) is 48.5 Å². The molecule has 1 fully saturated rings. The van der Waals surface area contributed by atoms with Crippen molar-refractivity contribution >= 4 is 33.4 Å². The zero-order valence-corrected chi connectivity index (χ0v) is 19.9. The van der Waals surface area contributed by atoms with Gasteiger partial charge in [0.15, 0.2) is 9.84 Å². The van der Waals surface area contributed by atoms with Gasteiger partial charge in [-0.1, -0.05) is 24.3 Å². The number of hydrazine groups is 1. The van der Waals surface area contributed by atoms with Crippen molar-refractivity contribution in [2.75, 3.05) is 36.6 Å². The van der Waals surface area contributed by atoms with Crippen molar-refractivity contribution in [1.29, 1.82) is 0 Å². The Bertz CT molecular complexity index is 1220. The van der Waals surface area contributed by atoms with Gasteiger partial charge in [0, 0.05) is 18.7 Å². The van der Waals surface area contributed by atoms with E-state index >= 15 is 0 Å². The second-order valence-electron chi connectivity index (χ2n) is 7.78. The molecule has 2 N–H and O–H groups in total. The fourth-order valence-corrected chi connectivity index (χ4v) is 4.58. The first kappa shape index (κ1) is 26.8. The first-order valence-electron chi connectivity index (χ1n) is 10.6. The Morgan fingerprint density at radius 2 is 1.61 bits per heavy atom. The van der Waals surface area contributed by atoms with Crippen molar-refractivity contribution in [2.24, 2.45) is 0 Å². The summed E-state index contributed by atoms with van der Waals surface area (Å²) >= 11 is 0. The number of anilines is 1. The fourth-order valence-electron chi connectivity index (χ4n) is 3.38. The number of urea groups is 1. The number of carbonyl (C=O) groups excluding carboxylic acids is 3. The molecule has 3 rings (SSSR count). The van der Waals surface area contributed by atoms with Crippen LogP contribution < -0.4 is 20.5 Å². The van der Waals surface area contributed by atoms with E-state index in [1.165, 1.54) is 46.6 Å². The van der Waals surface area contributed by atoms with Crippen molar-refractivity contribution in [3.05, 3.63) is 59.7 Å². The average Bonchev–Trinajstić information content (AvgIpc) is 2.85. The van der Waals surface area contributed by atoms with Crippen LogP contribution in [0.25, 0.3) is 0 Å². The standard InChI is InChI=1S/C22H23F3N4O6S/c1-35-18-5-3-2-4-17(18)29(21(32)28-10-12-36(33,34)13-11-28)14-15-6-8-16(9-7-15)19(30)26-27-20(31)22(23,24)25/h2-9H,10-14H2,1H3,(H,26,30)(H,27,31). The Balaban J connectivity index is 1.78. The zero-order chi connectivity index (χ0) is 26.5. The number of para-hydroxylation sites is 2. The lowest BCUT2D eigenvalue weighted by Gasteiger charge is -2.33. The number of methoxy groups -OCH3 is 1. The number of hydrogen-bond donors (Lipinski definition) is 2. The van der Waals surface area contributed by atoms with Gasteiger partial charge in [0.1, 0.15) is 5.75 Å². The molecule has 4 amide bonds. The highest BCUT2D eigenvalue weighted by Crippen LogP contribution is 2.30. The van der Waals surface area contributed by atoms with Gasteiger partial charge >= 0.3 is 18.1 Å². The molecule has 0 bridgehead atoms. The van der Waals surface area contributed by atoms with Crippen LogP contribution in [0.4, 0.5) is 23.7 Å². The van der Waals surface area contributed by atoms with Crippen molar-refractivity contribution in [3.63, 3.8) is 0 Å². The molecule has 0 saturated carbocycles. The number of halogens is 3. The Morgan fingerprint density at radius 1 is 1.00 bits per heavy atom. The van der Waals surface area contributed by atoms with Gasteiger partial charge in [-0.15, -0.1) is 0 Å². The van der Waals surface area contributed by atoms with Crippen molar-refractivity contribution < 1.29 is 40.7 Å². The number of nitrogens with one attached hydrogen (secondary N) is 2. The molecule has 0 aliphatic carbocycles. The summed E-state index contributed by atoms with van der Waals surface area (Å²) in [6.45, 7) is 0.0975. The molecule has 10 nitrogen and oxygen atoms in total. The molecule has 0 unspecified atom stereocenters. The fraction of sp³-hybridized carbons (Fsp3) is 0.318. The van der Waals surface area contributed by atoms with E-state index in [1.807, 2.05) is 0 Å². The molecule has 0 aromatic heterocycles. The molecule has 0 radical (unpaired) electrons. The van der Waals surface area contributed by atoms with Crippen molar-refractivity contribution in [2.45, 2.75) is 12.7 Å². The summed E-state index contributed by atoms with van der Waals surface area (Å²) < 4.78 is 65.8. The molecular weight excluding hydrogens is 505 g/mol. The zero-order valence-electron chi connectivity index (χ0n) is 19.0. The van der Waals surface area contributed by atoms with E-state index in [0.29, 0.717) is 17.0 Å². The maximum atomic E-state index is 13.4. The first-order valence-corrected chi connectivity index (χ1v) is 12.4. The van der Waals surface area contributed by atoms with E-state index in [9.17, 15) is 36.0 Å². The Hall–Kier alpha value is -3.81. The highest BCUT2D eigenvalue weighted by Gasteiger charge is 2.39. The molecule has 0 spiro atoms. The van der Waals surface area contributed by atoms with Crippen LogP contribution in [0.3, 0.4) is 0 Å². The van der Waals surface area contributed by atoms with E-state index in [-0.39, 0.29) is 36.7 Å². The number of benzene rings is 2. The number of alkyl halides is 3. The summed E-state index contributed by atoms with van der Waals surface area (Å²) in [5.41, 5.74) is 3.93. The summed E-state index contributed by atoms with van der Waals surface area (Å²) in [6, 6.07) is 12.0. The van der Waals surface area contributed by atoms with Crippen LogP contribution in [0, 0.1) is 0 Å². The first-order chi connectivity index (χ1) is 16.9. The normalized spacial score (nSPS) is 15.1. The highest BCUT2D eigenvalue weighted by atomic mass is 32.2. The van der Waals surface area contributed by atoms with Crippen LogP contribution in [-0.4, -0.2) is 69.0 Å². The molecule has 194 valence electrons. The van der Waals surface area contributed by atoms with Gasteiger partial charge in [-0.2, -0.15) is 13.2 Å². The van der Waals surface area contributed by atoms with Crippen LogP contribution in [0.5, 0.6) is 5.75 Å². The summed E-state index contributed by atoms with van der Waals surface area (Å²) in [6.07, 6.45) is -5.15. The summed E-state index contributed by atoms with van der Waals surface area (Å²) in [5, 5.41) is 0. The Kier molecular flexibility index (Phi) is 8.07. The van der Waals surface area contributed by atoms with Crippen molar-refractivity contribution in [3.8, 4) is 5.75 Å². The third-order valence-corrected chi connectivity index (χ3v) is 6.93. The Morgan fingerprint density at radius 3 is 2.19 bits per heavy atom. The SMILES string of the molecule is COc1ccccc1N(Cc1ccc(C(=O)NNC(=O)C(F)(F)F)cc1)C(=O)N1CCS(=O)(=O)CC1. The van der Waals surface area contributed by atoms with Gasteiger partial charge in [-0.25, -0.2) is 13.2 Å². The van der Waals surface area contributed by atoms with E-state index in [4.69, 9.17) is 4.74 Å². The highest BCUT2D eigenvalue weighted by molar-refractivity contribution is 7.91. The molecule has 2 aromatic carbocycles. The maximum absolute atomic E-state index is 13.4. The molecule has 14 heteroatoms. The van der Waals surface area contributed by atoms with Gasteiger partial charge in [0.2, 0.25) is 0 Å². The van der Waals surface area contributed by atoms with Gasteiger partial charge in [-0.05, 0) is 29.8 Å². The number of sulfone groups is 1. The Labute approximate surface area is 204 Å². The van der Waals surface area contributed by atoms with Crippen LogP contribution in [0.1, 0.15) is 15.9 Å². The lowest BCUT2D eigenvalue weighted by Crippen LogP contribution is -2.49. The van der Waals surface area contributed by atoms with Crippen LogP contribution in [-0.2, 0) is 21.2 Å². The number of nitrogens with zero attached hydrogens (tertiary/aromatic N) is 2. The van der Waals surface area contributed by atoms with E-state index < -0.39 is 33.9 Å². The topological polar surface area (TPSA) is 125 Å². The van der Waals surface area contributed by atoms with Gasteiger partial charge in [-0.3, -0.25) is 25.3 Å². The van der Waals surface area contributed by atoms with Crippen LogP contribution in [0.2, 0.25) is 0 Å². The molecule has 0 atom stereocenters. The number of hydrogen-bond acceptors (Lipinski definition) is 6. The van der Waals surface area contributed by atoms with Gasteiger partial charge in [0.05, 0.1) is 30.8 Å². The number of ether oxygens (including phenoxy) is 1. The number of amides is 4. The average molecular weight is 529 g/mol. The molecule has 1 aliphatic heterocycles. The predicted octanol–water partition coefficient (Wildman–Crippen LogP) is 1.88. The minimum absolute atomic E-state index is 0.0230. The molecule has 2 aromatic rings. The molecule has 36 heavy (non-hydrogen) atoms.